The molecule has 0 aromatic carbocycles. The van der Waals surface area contributed by atoms with Crippen LogP contribution < -0.4 is 0 Å². The maximum Gasteiger partial charge on any atom is 0.295 e. The lowest BCUT2D eigenvalue weighted by Gasteiger charge is -2.26. The lowest BCUT2D eigenvalue weighted by atomic mass is 9.95. The molecular weight excluding hydrogens is 192 g/mol. The van der Waals surface area contributed by atoms with E-state index in [-0.39, 0.29) is 12.4 Å². The summed E-state index contributed by atoms with van der Waals surface area (Å²) in [6.07, 6.45) is 3.90. The summed E-state index contributed by atoms with van der Waals surface area (Å²) in [5, 5.41) is 0. The van der Waals surface area contributed by atoms with Crippen LogP contribution in [0.2, 0.25) is 0 Å². The molecule has 15 heavy (non-hydrogen) atoms. The Labute approximate surface area is 93.1 Å². The van der Waals surface area contributed by atoms with Gasteiger partial charge in [0.15, 0.2) is 0 Å². The van der Waals surface area contributed by atoms with E-state index in [0.29, 0.717) is 18.8 Å². The molecule has 0 aromatic heterocycles. The summed E-state index contributed by atoms with van der Waals surface area (Å²) >= 11 is 0. The maximum atomic E-state index is 10.2. The highest BCUT2D eigenvalue weighted by atomic mass is 16.7. The van der Waals surface area contributed by atoms with Gasteiger partial charge in [-0.05, 0) is 19.3 Å². The van der Waals surface area contributed by atoms with Gasteiger partial charge in [-0.2, -0.15) is 0 Å². The summed E-state index contributed by atoms with van der Waals surface area (Å²) in [5.41, 5.74) is 0. The first-order valence-corrected chi connectivity index (χ1v) is 5.94. The van der Waals surface area contributed by atoms with Gasteiger partial charge < -0.3 is 9.47 Å². The average Bonchev–Trinajstić information content (AvgIpc) is 2.24. The SMILES string of the molecule is CCCC(CC)C(C)OC(CC)OC=O. The number of carbonyl (C=O) groups excluding carboxylic acids is 1. The van der Waals surface area contributed by atoms with Gasteiger partial charge in [-0.1, -0.05) is 33.6 Å². The summed E-state index contributed by atoms with van der Waals surface area (Å²) in [6, 6.07) is 0. The Morgan fingerprint density at radius 3 is 2.27 bits per heavy atom. The standard InChI is InChI=1S/C12H24O3/c1-5-8-11(6-2)10(4)15-12(7-3)14-9-13/h9-12H,5-8H2,1-4H3. The molecule has 0 radical (unpaired) electrons. The molecule has 0 saturated heterocycles. The number of rotatable bonds is 9. The van der Waals surface area contributed by atoms with E-state index < -0.39 is 0 Å². The zero-order valence-electron chi connectivity index (χ0n) is 10.4. The van der Waals surface area contributed by atoms with Gasteiger partial charge >= 0.3 is 0 Å². The van der Waals surface area contributed by atoms with Crippen LogP contribution in [0.3, 0.4) is 0 Å². The highest BCUT2D eigenvalue weighted by Crippen LogP contribution is 2.20. The van der Waals surface area contributed by atoms with Gasteiger partial charge in [0.1, 0.15) is 0 Å². The largest absolute Gasteiger partial charge is 0.438 e. The van der Waals surface area contributed by atoms with Crippen molar-refractivity contribution in [3.05, 3.63) is 0 Å². The molecule has 90 valence electrons. The van der Waals surface area contributed by atoms with Crippen molar-refractivity contribution in [2.24, 2.45) is 5.92 Å². The number of carbonyl (C=O) groups is 1. The lowest BCUT2D eigenvalue weighted by Crippen LogP contribution is -2.27. The molecule has 0 aliphatic heterocycles. The predicted molar refractivity (Wildman–Crippen MR) is 60.5 cm³/mol. The monoisotopic (exact) mass is 216 g/mol. The number of ether oxygens (including phenoxy) is 2. The summed E-state index contributed by atoms with van der Waals surface area (Å²) < 4.78 is 10.5. The van der Waals surface area contributed by atoms with Gasteiger partial charge in [-0.3, -0.25) is 4.79 Å². The minimum atomic E-state index is -0.386. The van der Waals surface area contributed by atoms with Crippen LogP contribution in [0.15, 0.2) is 0 Å². The van der Waals surface area contributed by atoms with Crippen LogP contribution in [-0.2, 0) is 14.3 Å². The van der Waals surface area contributed by atoms with Crippen LogP contribution in [0, 0.1) is 5.92 Å². The molecule has 3 heteroatoms. The molecule has 0 rings (SSSR count). The first-order chi connectivity index (χ1) is 7.19. The first-order valence-electron chi connectivity index (χ1n) is 5.94. The van der Waals surface area contributed by atoms with Gasteiger partial charge in [-0.15, -0.1) is 0 Å². The topological polar surface area (TPSA) is 35.5 Å². The Morgan fingerprint density at radius 2 is 1.87 bits per heavy atom. The quantitative estimate of drug-likeness (QED) is 0.439. The molecule has 3 atom stereocenters. The summed E-state index contributed by atoms with van der Waals surface area (Å²) in [6.45, 7) is 8.81. The molecule has 3 unspecified atom stereocenters. The van der Waals surface area contributed by atoms with Crippen molar-refractivity contribution in [1.29, 1.82) is 0 Å². The Morgan fingerprint density at radius 1 is 1.20 bits per heavy atom. The van der Waals surface area contributed by atoms with Crippen LogP contribution in [0.4, 0.5) is 0 Å². The van der Waals surface area contributed by atoms with Gasteiger partial charge in [0.25, 0.3) is 6.47 Å². The summed E-state index contributed by atoms with van der Waals surface area (Å²) in [4.78, 5) is 10.2. The Kier molecular flexibility index (Phi) is 8.38. The maximum absolute atomic E-state index is 10.2. The molecule has 0 aliphatic rings. The van der Waals surface area contributed by atoms with E-state index in [1.807, 2.05) is 6.92 Å². The van der Waals surface area contributed by atoms with Crippen LogP contribution in [0.1, 0.15) is 53.4 Å². The third-order valence-corrected chi connectivity index (χ3v) is 2.75. The Hall–Kier alpha value is -0.570. The lowest BCUT2D eigenvalue weighted by molar-refractivity contribution is -0.181. The van der Waals surface area contributed by atoms with Crippen LogP contribution in [0.25, 0.3) is 0 Å². The fourth-order valence-electron chi connectivity index (χ4n) is 1.78. The van der Waals surface area contributed by atoms with Crippen molar-refractivity contribution in [1.82, 2.24) is 0 Å². The summed E-state index contributed by atoms with van der Waals surface area (Å²) in [7, 11) is 0. The Balaban J connectivity index is 4.04. The molecule has 0 N–H and O–H groups in total. The van der Waals surface area contributed by atoms with Crippen LogP contribution in [-0.4, -0.2) is 18.9 Å². The van der Waals surface area contributed by atoms with E-state index in [1.54, 1.807) is 0 Å². The summed E-state index contributed by atoms with van der Waals surface area (Å²) in [5.74, 6) is 0.555. The molecule has 0 saturated carbocycles. The van der Waals surface area contributed by atoms with Crippen LogP contribution >= 0.6 is 0 Å². The second-order valence-electron chi connectivity index (χ2n) is 3.87. The van der Waals surface area contributed by atoms with Gasteiger partial charge in [0.2, 0.25) is 6.29 Å². The van der Waals surface area contributed by atoms with E-state index in [2.05, 4.69) is 20.8 Å². The minimum absolute atomic E-state index is 0.153. The predicted octanol–water partition coefficient (Wildman–Crippen LogP) is 3.13. The van der Waals surface area contributed by atoms with Crippen molar-refractivity contribution in [3.63, 3.8) is 0 Å². The second kappa shape index (κ2) is 8.72. The molecule has 0 heterocycles. The van der Waals surface area contributed by atoms with Crippen molar-refractivity contribution < 1.29 is 14.3 Å². The van der Waals surface area contributed by atoms with Crippen molar-refractivity contribution >= 4 is 6.47 Å². The van der Waals surface area contributed by atoms with Crippen molar-refractivity contribution in [3.8, 4) is 0 Å². The van der Waals surface area contributed by atoms with Crippen molar-refractivity contribution in [2.75, 3.05) is 0 Å². The van der Waals surface area contributed by atoms with Crippen LogP contribution in [0.5, 0.6) is 0 Å². The first kappa shape index (κ1) is 14.4. The number of hydrogen-bond donors (Lipinski definition) is 0. The third-order valence-electron chi connectivity index (χ3n) is 2.75. The highest BCUT2D eigenvalue weighted by Gasteiger charge is 2.19. The fourth-order valence-corrected chi connectivity index (χ4v) is 1.78. The fraction of sp³-hybridized carbons (Fsp3) is 0.917. The molecule has 0 amide bonds. The van der Waals surface area contributed by atoms with Crippen molar-refractivity contribution in [2.45, 2.75) is 65.8 Å². The molecule has 0 aromatic rings. The Bertz CT molecular complexity index is 159. The molecule has 0 aliphatic carbocycles. The van der Waals surface area contributed by atoms with Gasteiger partial charge in [0, 0.05) is 6.42 Å². The molecule has 3 nitrogen and oxygen atoms in total. The molecule has 0 bridgehead atoms. The van der Waals surface area contributed by atoms with E-state index in [1.165, 1.54) is 0 Å². The third kappa shape index (κ3) is 5.78. The molecular formula is C12H24O3. The molecule has 0 spiro atoms. The molecule has 0 fully saturated rings. The zero-order valence-corrected chi connectivity index (χ0v) is 10.4. The average molecular weight is 216 g/mol. The minimum Gasteiger partial charge on any atom is -0.438 e. The smallest absolute Gasteiger partial charge is 0.295 e. The normalized spacial score (nSPS) is 16.8. The van der Waals surface area contributed by atoms with E-state index in [0.717, 1.165) is 19.3 Å². The van der Waals surface area contributed by atoms with E-state index >= 15 is 0 Å². The second-order valence-corrected chi connectivity index (χ2v) is 3.87. The van der Waals surface area contributed by atoms with E-state index in [4.69, 9.17) is 9.47 Å². The van der Waals surface area contributed by atoms with E-state index in [9.17, 15) is 4.79 Å². The van der Waals surface area contributed by atoms with Gasteiger partial charge in [0.05, 0.1) is 6.10 Å². The highest BCUT2D eigenvalue weighted by molar-refractivity contribution is 5.37. The zero-order chi connectivity index (χ0) is 11.7. The van der Waals surface area contributed by atoms with Gasteiger partial charge in [-0.25, -0.2) is 0 Å². The number of hydrogen-bond acceptors (Lipinski definition) is 3.